The minimum Gasteiger partial charge on any atom is -0.457 e. The second-order valence-corrected chi connectivity index (χ2v) is 8.59. The molecule has 1 N–H and O–H groups in total. The van der Waals surface area contributed by atoms with Gasteiger partial charge in [0.15, 0.2) is 0 Å². The van der Waals surface area contributed by atoms with Crippen molar-refractivity contribution in [1.29, 1.82) is 0 Å². The lowest BCUT2D eigenvalue weighted by Crippen LogP contribution is -2.59. The van der Waals surface area contributed by atoms with Gasteiger partial charge in [-0.15, -0.1) is 0 Å². The molecule has 134 valence electrons. The molecular formula is C23H25NO2. The third-order valence-electron chi connectivity index (χ3n) is 6.51. The highest BCUT2D eigenvalue weighted by Crippen LogP contribution is 2.55. The highest BCUT2D eigenvalue weighted by Gasteiger charge is 2.51. The minimum atomic E-state index is 0.0606. The van der Waals surface area contributed by atoms with Gasteiger partial charge in [0, 0.05) is 11.1 Å². The molecule has 4 bridgehead atoms. The first-order valence-electron chi connectivity index (χ1n) is 9.83. The monoisotopic (exact) mass is 347 g/mol. The topological polar surface area (TPSA) is 38.3 Å². The number of carbonyl (C=O) groups is 1. The molecule has 26 heavy (non-hydrogen) atoms. The van der Waals surface area contributed by atoms with Crippen molar-refractivity contribution in [1.82, 2.24) is 5.32 Å². The van der Waals surface area contributed by atoms with E-state index in [4.69, 9.17) is 4.74 Å². The Morgan fingerprint density at radius 2 is 1.35 bits per heavy atom. The van der Waals surface area contributed by atoms with Crippen molar-refractivity contribution in [2.45, 2.75) is 44.1 Å². The lowest BCUT2D eigenvalue weighted by Gasteiger charge is -2.56. The van der Waals surface area contributed by atoms with Crippen LogP contribution < -0.4 is 10.1 Å². The zero-order chi connectivity index (χ0) is 17.6. The van der Waals surface area contributed by atoms with Crippen LogP contribution in [0.5, 0.6) is 11.5 Å². The van der Waals surface area contributed by atoms with Gasteiger partial charge < -0.3 is 10.1 Å². The summed E-state index contributed by atoms with van der Waals surface area (Å²) in [6.07, 6.45) is 7.71. The molecule has 3 nitrogen and oxygen atoms in total. The lowest BCUT2D eigenvalue weighted by atomic mass is 9.53. The molecule has 0 aromatic heterocycles. The van der Waals surface area contributed by atoms with Crippen LogP contribution in [0.2, 0.25) is 0 Å². The number of benzene rings is 2. The molecule has 0 radical (unpaired) electrons. The first kappa shape index (κ1) is 15.9. The standard InChI is InChI=1S/C23H25NO2/c25-22(24-23-13-16-10-17(14-23)12-18(11-16)15-23)19-6-8-21(9-7-19)26-20-4-2-1-3-5-20/h1-9,16-18H,10-15H2,(H,24,25). The molecule has 1 amide bonds. The molecule has 2 aromatic rings. The number of nitrogens with one attached hydrogen (secondary N) is 1. The molecule has 2 aromatic carbocycles. The van der Waals surface area contributed by atoms with E-state index in [-0.39, 0.29) is 11.4 Å². The van der Waals surface area contributed by atoms with Gasteiger partial charge in [-0.2, -0.15) is 0 Å². The number of hydrogen-bond acceptors (Lipinski definition) is 2. The summed E-state index contributed by atoms with van der Waals surface area (Å²) in [5.74, 6) is 4.13. The second-order valence-electron chi connectivity index (χ2n) is 8.59. The molecule has 3 heteroatoms. The Kier molecular flexibility index (Phi) is 3.77. The number of rotatable bonds is 4. The summed E-state index contributed by atoms with van der Waals surface area (Å²) in [4.78, 5) is 12.8. The summed E-state index contributed by atoms with van der Waals surface area (Å²) >= 11 is 0. The molecule has 4 saturated carbocycles. The SMILES string of the molecule is O=C(NC12CC3CC(CC(C3)C1)C2)c1ccc(Oc2ccccc2)cc1. The summed E-state index contributed by atoms with van der Waals surface area (Å²) in [7, 11) is 0. The summed E-state index contributed by atoms with van der Waals surface area (Å²) in [6, 6.07) is 17.2. The van der Waals surface area contributed by atoms with Crippen molar-refractivity contribution >= 4 is 5.91 Å². The molecule has 4 fully saturated rings. The van der Waals surface area contributed by atoms with Crippen LogP contribution in [0.25, 0.3) is 0 Å². The Hall–Kier alpha value is -2.29. The van der Waals surface area contributed by atoms with Crippen LogP contribution in [-0.4, -0.2) is 11.4 Å². The van der Waals surface area contributed by atoms with Crippen LogP contribution in [0.1, 0.15) is 48.9 Å². The van der Waals surface area contributed by atoms with Crippen molar-refractivity contribution in [2.75, 3.05) is 0 Å². The van der Waals surface area contributed by atoms with Crippen molar-refractivity contribution < 1.29 is 9.53 Å². The van der Waals surface area contributed by atoms with Gasteiger partial charge in [-0.05, 0) is 92.7 Å². The fraction of sp³-hybridized carbons (Fsp3) is 0.435. The van der Waals surface area contributed by atoms with E-state index in [1.165, 1.54) is 38.5 Å². The number of amides is 1. The molecule has 6 rings (SSSR count). The van der Waals surface area contributed by atoms with E-state index >= 15 is 0 Å². The Bertz CT molecular complexity index is 761. The zero-order valence-electron chi connectivity index (χ0n) is 15.0. The van der Waals surface area contributed by atoms with E-state index in [0.717, 1.165) is 34.8 Å². The molecule has 4 aliphatic rings. The highest BCUT2D eigenvalue weighted by atomic mass is 16.5. The quantitative estimate of drug-likeness (QED) is 0.828. The van der Waals surface area contributed by atoms with E-state index < -0.39 is 0 Å². The van der Waals surface area contributed by atoms with Crippen molar-refractivity contribution in [3.05, 3.63) is 60.2 Å². The number of hydrogen-bond donors (Lipinski definition) is 1. The molecule has 0 aliphatic heterocycles. The van der Waals surface area contributed by atoms with Crippen LogP contribution in [0.15, 0.2) is 54.6 Å². The zero-order valence-corrected chi connectivity index (χ0v) is 15.0. The third-order valence-corrected chi connectivity index (χ3v) is 6.51. The average molecular weight is 347 g/mol. The van der Waals surface area contributed by atoms with Crippen LogP contribution in [0.4, 0.5) is 0 Å². The van der Waals surface area contributed by atoms with E-state index in [1.54, 1.807) is 0 Å². The normalized spacial score (nSPS) is 31.6. The summed E-state index contributed by atoms with van der Waals surface area (Å²) in [5.41, 5.74) is 0.784. The van der Waals surface area contributed by atoms with Crippen molar-refractivity contribution in [3.8, 4) is 11.5 Å². The highest BCUT2D eigenvalue weighted by molar-refractivity contribution is 5.94. The predicted molar refractivity (Wildman–Crippen MR) is 101 cm³/mol. The van der Waals surface area contributed by atoms with Gasteiger partial charge in [0.25, 0.3) is 5.91 Å². The maximum Gasteiger partial charge on any atom is 0.251 e. The minimum absolute atomic E-state index is 0.0606. The second kappa shape index (κ2) is 6.15. The maximum absolute atomic E-state index is 12.8. The Balaban J connectivity index is 1.27. The van der Waals surface area contributed by atoms with Gasteiger partial charge in [0.1, 0.15) is 11.5 Å². The van der Waals surface area contributed by atoms with Gasteiger partial charge in [-0.3, -0.25) is 4.79 Å². The van der Waals surface area contributed by atoms with E-state index in [0.29, 0.717) is 0 Å². The Morgan fingerprint density at radius 1 is 0.808 bits per heavy atom. The van der Waals surface area contributed by atoms with E-state index in [9.17, 15) is 4.79 Å². The van der Waals surface area contributed by atoms with Gasteiger partial charge >= 0.3 is 0 Å². The van der Waals surface area contributed by atoms with Crippen molar-refractivity contribution in [2.24, 2.45) is 17.8 Å². The average Bonchev–Trinajstić information content (AvgIpc) is 2.61. The fourth-order valence-corrected chi connectivity index (χ4v) is 5.88. The third kappa shape index (κ3) is 3.00. The first-order valence-corrected chi connectivity index (χ1v) is 9.83. The number of ether oxygens (including phenoxy) is 1. The molecule has 0 unspecified atom stereocenters. The Labute approximate surface area is 154 Å². The summed E-state index contributed by atoms with van der Waals surface area (Å²) in [5, 5.41) is 3.43. The predicted octanol–water partition coefficient (Wildman–Crippen LogP) is 5.18. The van der Waals surface area contributed by atoms with E-state index in [1.807, 2.05) is 54.6 Å². The number of para-hydroxylation sites is 1. The molecule has 0 spiro atoms. The summed E-state index contributed by atoms with van der Waals surface area (Å²) < 4.78 is 5.82. The molecular weight excluding hydrogens is 322 g/mol. The molecule has 4 aliphatic carbocycles. The molecule has 0 atom stereocenters. The van der Waals surface area contributed by atoms with Crippen LogP contribution >= 0.6 is 0 Å². The van der Waals surface area contributed by atoms with Gasteiger partial charge in [0.2, 0.25) is 0 Å². The maximum atomic E-state index is 12.8. The fourth-order valence-electron chi connectivity index (χ4n) is 5.88. The van der Waals surface area contributed by atoms with Gasteiger partial charge in [0.05, 0.1) is 0 Å². The van der Waals surface area contributed by atoms with Crippen LogP contribution in [0.3, 0.4) is 0 Å². The smallest absolute Gasteiger partial charge is 0.251 e. The molecule has 0 heterocycles. The van der Waals surface area contributed by atoms with Crippen molar-refractivity contribution in [3.63, 3.8) is 0 Å². The van der Waals surface area contributed by atoms with Crippen LogP contribution in [0, 0.1) is 17.8 Å². The first-order chi connectivity index (χ1) is 12.7. The van der Waals surface area contributed by atoms with Crippen LogP contribution in [-0.2, 0) is 0 Å². The van der Waals surface area contributed by atoms with Gasteiger partial charge in [-0.25, -0.2) is 0 Å². The molecule has 0 saturated heterocycles. The van der Waals surface area contributed by atoms with E-state index in [2.05, 4.69) is 5.32 Å². The summed E-state index contributed by atoms with van der Waals surface area (Å²) in [6.45, 7) is 0. The Morgan fingerprint density at radius 3 is 1.92 bits per heavy atom. The largest absolute Gasteiger partial charge is 0.457 e. The number of carbonyl (C=O) groups excluding carboxylic acids is 1. The lowest BCUT2D eigenvalue weighted by molar-refractivity contribution is -0.0167. The van der Waals surface area contributed by atoms with Gasteiger partial charge in [-0.1, -0.05) is 18.2 Å².